The van der Waals surface area contributed by atoms with Crippen molar-refractivity contribution in [1.82, 2.24) is 33.9 Å². The monoisotopic (exact) mass is 538 g/mol. The van der Waals surface area contributed by atoms with Gasteiger partial charge in [-0.2, -0.15) is 5.10 Å². The first-order valence-corrected chi connectivity index (χ1v) is 13.6. The van der Waals surface area contributed by atoms with Gasteiger partial charge >= 0.3 is 0 Å². The van der Waals surface area contributed by atoms with Crippen LogP contribution in [-0.2, 0) is 6.54 Å². The number of benzene rings is 1. The van der Waals surface area contributed by atoms with Crippen molar-refractivity contribution in [2.45, 2.75) is 20.4 Å². The lowest BCUT2D eigenvalue weighted by Crippen LogP contribution is -2.45. The van der Waals surface area contributed by atoms with E-state index in [1.165, 1.54) is 0 Å². The zero-order valence-corrected chi connectivity index (χ0v) is 23.2. The molecule has 6 rings (SSSR count). The van der Waals surface area contributed by atoms with Crippen LogP contribution in [0.5, 0.6) is 5.75 Å². The molecule has 1 aromatic carbocycles. The molecule has 10 nitrogen and oxygen atoms in total. The van der Waals surface area contributed by atoms with Crippen LogP contribution in [0.3, 0.4) is 0 Å². The Hall–Kier alpha value is -4.28. The van der Waals surface area contributed by atoms with E-state index >= 15 is 0 Å². The fourth-order valence-electron chi connectivity index (χ4n) is 5.18. The molecule has 40 heavy (non-hydrogen) atoms. The van der Waals surface area contributed by atoms with Crippen molar-refractivity contribution in [3.63, 3.8) is 0 Å². The first-order valence-electron chi connectivity index (χ1n) is 13.6. The first-order chi connectivity index (χ1) is 19.4. The SMILES string of the molecule is Cc1ccc(Cn2nc(C)c3c(NC(=O)c4cnc5cc(OCCN6CCN(C)CC6)ccn45)cccc32)cn1. The minimum Gasteiger partial charge on any atom is -0.492 e. The molecule has 1 saturated heterocycles. The quantitative estimate of drug-likeness (QED) is 0.323. The van der Waals surface area contributed by atoms with E-state index in [4.69, 9.17) is 9.84 Å². The highest BCUT2D eigenvalue weighted by Crippen LogP contribution is 2.28. The summed E-state index contributed by atoms with van der Waals surface area (Å²) < 4.78 is 9.73. The van der Waals surface area contributed by atoms with Gasteiger partial charge in [-0.15, -0.1) is 0 Å². The number of aryl methyl sites for hydroxylation is 2. The number of ether oxygens (including phenoxy) is 1. The zero-order valence-electron chi connectivity index (χ0n) is 23.2. The van der Waals surface area contributed by atoms with Gasteiger partial charge in [-0.3, -0.25) is 23.8 Å². The van der Waals surface area contributed by atoms with E-state index in [1.807, 2.05) is 67.3 Å². The molecule has 4 aromatic heterocycles. The van der Waals surface area contributed by atoms with Gasteiger partial charge in [-0.05, 0) is 50.7 Å². The minimum atomic E-state index is -0.237. The minimum absolute atomic E-state index is 0.237. The number of hydrogen-bond acceptors (Lipinski definition) is 7. The molecular formula is C30H34N8O2. The number of aromatic nitrogens is 5. The Morgan fingerprint density at radius 3 is 2.67 bits per heavy atom. The fourth-order valence-corrected chi connectivity index (χ4v) is 5.18. The van der Waals surface area contributed by atoms with Gasteiger partial charge in [0.1, 0.15) is 23.7 Å². The molecule has 0 unspecified atom stereocenters. The predicted octanol–water partition coefficient (Wildman–Crippen LogP) is 3.62. The second-order valence-electron chi connectivity index (χ2n) is 10.4. The second-order valence-corrected chi connectivity index (χ2v) is 10.4. The number of imidazole rings is 1. The van der Waals surface area contributed by atoms with Crippen LogP contribution in [0, 0.1) is 13.8 Å². The number of pyridine rings is 2. The highest BCUT2D eigenvalue weighted by Gasteiger charge is 2.18. The Morgan fingerprint density at radius 1 is 1.02 bits per heavy atom. The van der Waals surface area contributed by atoms with E-state index in [0.29, 0.717) is 30.2 Å². The van der Waals surface area contributed by atoms with Gasteiger partial charge < -0.3 is 15.0 Å². The topological polar surface area (TPSA) is 92.8 Å². The van der Waals surface area contributed by atoms with Crippen molar-refractivity contribution in [2.24, 2.45) is 0 Å². The summed E-state index contributed by atoms with van der Waals surface area (Å²) in [6.07, 6.45) is 5.31. The summed E-state index contributed by atoms with van der Waals surface area (Å²) in [6, 6.07) is 13.7. The molecule has 1 N–H and O–H groups in total. The average Bonchev–Trinajstić information content (AvgIpc) is 3.52. The smallest absolute Gasteiger partial charge is 0.274 e. The summed E-state index contributed by atoms with van der Waals surface area (Å²) >= 11 is 0. The number of carbonyl (C=O) groups excluding carboxylic acids is 1. The molecule has 1 fully saturated rings. The van der Waals surface area contributed by atoms with Crippen molar-refractivity contribution in [1.29, 1.82) is 0 Å². The van der Waals surface area contributed by atoms with Gasteiger partial charge in [-0.1, -0.05) is 12.1 Å². The van der Waals surface area contributed by atoms with Crippen LogP contribution in [0.25, 0.3) is 16.6 Å². The molecule has 1 aliphatic rings. The molecule has 1 amide bonds. The fraction of sp³-hybridized carbons (Fsp3) is 0.333. The molecule has 5 aromatic rings. The summed E-state index contributed by atoms with van der Waals surface area (Å²) in [5.41, 5.74) is 5.68. The maximum absolute atomic E-state index is 13.4. The van der Waals surface area contributed by atoms with Crippen LogP contribution in [0.1, 0.15) is 27.4 Å². The summed E-state index contributed by atoms with van der Waals surface area (Å²) in [5, 5.41) is 8.76. The van der Waals surface area contributed by atoms with Crippen molar-refractivity contribution >= 4 is 28.1 Å². The van der Waals surface area contributed by atoms with Crippen LogP contribution in [0.15, 0.2) is 61.1 Å². The molecule has 10 heteroatoms. The summed E-state index contributed by atoms with van der Waals surface area (Å²) in [4.78, 5) is 27.0. The summed E-state index contributed by atoms with van der Waals surface area (Å²) in [5.74, 6) is 0.509. The van der Waals surface area contributed by atoms with Gasteiger partial charge in [0.05, 0.1) is 29.6 Å². The number of fused-ring (bicyclic) bond motifs is 2. The number of hydrogen-bond donors (Lipinski definition) is 1. The number of anilines is 1. The number of amides is 1. The summed E-state index contributed by atoms with van der Waals surface area (Å²) in [6.45, 7) is 10.4. The van der Waals surface area contributed by atoms with E-state index in [2.05, 4.69) is 38.2 Å². The second kappa shape index (κ2) is 11.1. The molecule has 5 heterocycles. The maximum atomic E-state index is 13.4. The Bertz CT molecular complexity index is 1650. The Labute approximate surface area is 233 Å². The first kappa shape index (κ1) is 26.0. The number of carbonyl (C=O) groups is 1. The maximum Gasteiger partial charge on any atom is 0.274 e. The molecule has 0 aliphatic carbocycles. The molecular weight excluding hydrogens is 504 g/mol. The van der Waals surface area contributed by atoms with Gasteiger partial charge in [0.2, 0.25) is 0 Å². The van der Waals surface area contributed by atoms with Crippen molar-refractivity contribution in [3.8, 4) is 5.75 Å². The van der Waals surface area contributed by atoms with Crippen molar-refractivity contribution in [3.05, 3.63) is 83.7 Å². The number of nitrogens with zero attached hydrogens (tertiary/aromatic N) is 7. The van der Waals surface area contributed by atoms with Crippen LogP contribution in [-0.4, -0.2) is 86.2 Å². The number of rotatable bonds is 8. The van der Waals surface area contributed by atoms with E-state index in [0.717, 1.165) is 66.3 Å². The lowest BCUT2D eigenvalue weighted by atomic mass is 10.1. The third-order valence-electron chi connectivity index (χ3n) is 7.50. The third kappa shape index (κ3) is 5.41. The molecule has 0 atom stereocenters. The lowest BCUT2D eigenvalue weighted by Gasteiger charge is -2.32. The van der Waals surface area contributed by atoms with E-state index < -0.39 is 0 Å². The molecule has 1 aliphatic heterocycles. The Balaban J connectivity index is 1.15. The summed E-state index contributed by atoms with van der Waals surface area (Å²) in [7, 11) is 2.16. The number of nitrogens with one attached hydrogen (secondary N) is 1. The molecule has 0 saturated carbocycles. The number of piperazine rings is 1. The van der Waals surface area contributed by atoms with Crippen molar-refractivity contribution in [2.75, 3.05) is 51.7 Å². The van der Waals surface area contributed by atoms with Gasteiger partial charge in [-0.25, -0.2) is 4.98 Å². The molecule has 0 spiro atoms. The van der Waals surface area contributed by atoms with E-state index in [-0.39, 0.29) is 5.91 Å². The van der Waals surface area contributed by atoms with Crippen molar-refractivity contribution < 1.29 is 9.53 Å². The normalized spacial score (nSPS) is 14.7. The Kier molecular flexibility index (Phi) is 7.19. The average molecular weight is 539 g/mol. The highest BCUT2D eigenvalue weighted by molar-refractivity contribution is 6.08. The highest BCUT2D eigenvalue weighted by atomic mass is 16.5. The lowest BCUT2D eigenvalue weighted by molar-refractivity contribution is 0.102. The largest absolute Gasteiger partial charge is 0.492 e. The van der Waals surface area contributed by atoms with Gasteiger partial charge in [0.25, 0.3) is 5.91 Å². The standard InChI is InChI=1S/C30H34N8O2/c1-21-7-8-23(18-31-21)20-38-26-6-4-5-25(29(26)22(2)34-38)33-30(39)27-19-32-28-17-24(9-10-37(27)28)40-16-15-36-13-11-35(3)12-14-36/h4-10,17-19H,11-16,20H2,1-3H3,(H,33,39). The van der Waals surface area contributed by atoms with Crippen LogP contribution >= 0.6 is 0 Å². The van der Waals surface area contributed by atoms with E-state index in [1.54, 1.807) is 10.6 Å². The molecule has 0 bridgehead atoms. The third-order valence-corrected chi connectivity index (χ3v) is 7.50. The Morgan fingerprint density at radius 2 is 1.88 bits per heavy atom. The molecule has 0 radical (unpaired) electrons. The van der Waals surface area contributed by atoms with Gasteiger partial charge in [0.15, 0.2) is 0 Å². The molecule has 206 valence electrons. The zero-order chi connectivity index (χ0) is 27.6. The van der Waals surface area contributed by atoms with Crippen LogP contribution in [0.4, 0.5) is 5.69 Å². The van der Waals surface area contributed by atoms with Gasteiger partial charge in [0, 0.05) is 62.3 Å². The van der Waals surface area contributed by atoms with Crippen LogP contribution in [0.2, 0.25) is 0 Å². The predicted molar refractivity (Wildman–Crippen MR) is 155 cm³/mol. The van der Waals surface area contributed by atoms with E-state index in [9.17, 15) is 4.79 Å². The number of likely N-dealkylation sites (N-methyl/N-ethyl adjacent to an activating group) is 1. The van der Waals surface area contributed by atoms with Crippen LogP contribution < -0.4 is 10.1 Å².